The van der Waals surface area contributed by atoms with Crippen LogP contribution in [0.25, 0.3) is 0 Å². The number of carbonyl (C=O) groups is 2. The third-order valence-electron chi connectivity index (χ3n) is 5.64. The van der Waals surface area contributed by atoms with Crippen molar-refractivity contribution in [3.05, 3.63) is 0 Å². The summed E-state index contributed by atoms with van der Waals surface area (Å²) in [6.45, 7) is 12.9. The highest BCUT2D eigenvalue weighted by molar-refractivity contribution is 5.88. The first-order valence-electron chi connectivity index (χ1n) is 10.7. The van der Waals surface area contributed by atoms with E-state index in [0.29, 0.717) is 44.8 Å². The van der Waals surface area contributed by atoms with Crippen LogP contribution in [0.15, 0.2) is 0 Å². The van der Waals surface area contributed by atoms with E-state index in [2.05, 4.69) is 29.8 Å². The van der Waals surface area contributed by atoms with Gasteiger partial charge in [0, 0.05) is 39.1 Å². The van der Waals surface area contributed by atoms with Crippen LogP contribution in [-0.4, -0.2) is 55.2 Å². The minimum atomic E-state index is -0.731. The van der Waals surface area contributed by atoms with Gasteiger partial charge in [-0.05, 0) is 39.5 Å². The summed E-state index contributed by atoms with van der Waals surface area (Å²) in [7, 11) is 1.62. The second-order valence-electron chi connectivity index (χ2n) is 8.04. The average Bonchev–Trinajstić information content (AvgIpc) is 2.69. The van der Waals surface area contributed by atoms with Gasteiger partial charge in [-0.15, -0.1) is 0 Å². The van der Waals surface area contributed by atoms with Crippen LogP contribution in [0.5, 0.6) is 0 Å². The summed E-state index contributed by atoms with van der Waals surface area (Å²) >= 11 is 0. The molecule has 0 aliphatic heterocycles. The quantitative estimate of drug-likeness (QED) is 0.296. The van der Waals surface area contributed by atoms with Crippen LogP contribution in [0.3, 0.4) is 0 Å². The molecular weight excluding hydrogens is 356 g/mol. The molecule has 0 aliphatic rings. The largest absolute Gasteiger partial charge is 0.367 e. The SMILES string of the molecule is CCC(CC)NC(C)(C)C(=O)NCCC(NCCC(=O)C(N)(CC)CC)OC. The molecule has 0 heterocycles. The molecular formula is C21H44N4O3. The second kappa shape index (κ2) is 13.2. The zero-order chi connectivity index (χ0) is 21.8. The van der Waals surface area contributed by atoms with Crippen molar-refractivity contribution >= 4 is 11.7 Å². The van der Waals surface area contributed by atoms with E-state index in [1.54, 1.807) is 7.11 Å². The molecule has 0 spiro atoms. The Kier molecular flexibility index (Phi) is 12.8. The molecule has 0 bridgehead atoms. The maximum atomic E-state index is 12.5. The van der Waals surface area contributed by atoms with Crippen LogP contribution in [-0.2, 0) is 14.3 Å². The first kappa shape index (κ1) is 27.0. The minimum Gasteiger partial charge on any atom is -0.367 e. The van der Waals surface area contributed by atoms with Gasteiger partial charge in [0.25, 0.3) is 0 Å². The molecule has 0 aliphatic carbocycles. The number of ketones is 1. The fourth-order valence-electron chi connectivity index (χ4n) is 3.15. The summed E-state index contributed by atoms with van der Waals surface area (Å²) in [5, 5.41) is 9.60. The fourth-order valence-corrected chi connectivity index (χ4v) is 3.15. The number of nitrogens with two attached hydrogens (primary N) is 1. The van der Waals surface area contributed by atoms with Crippen molar-refractivity contribution in [1.82, 2.24) is 16.0 Å². The van der Waals surface area contributed by atoms with Crippen LogP contribution in [0.4, 0.5) is 0 Å². The summed E-state index contributed by atoms with van der Waals surface area (Å²) in [5.74, 6) is 0.0469. The number of carbonyl (C=O) groups excluding carboxylic acids is 2. The summed E-state index contributed by atoms with van der Waals surface area (Å²) < 4.78 is 5.42. The third kappa shape index (κ3) is 8.99. The number of hydrogen-bond donors (Lipinski definition) is 4. The highest BCUT2D eigenvalue weighted by Gasteiger charge is 2.30. The number of hydrogen-bond acceptors (Lipinski definition) is 6. The van der Waals surface area contributed by atoms with Crippen LogP contribution < -0.4 is 21.7 Å². The molecule has 0 radical (unpaired) electrons. The molecule has 0 saturated carbocycles. The van der Waals surface area contributed by atoms with Crippen molar-refractivity contribution in [2.45, 2.75) is 103 Å². The van der Waals surface area contributed by atoms with Gasteiger partial charge in [-0.25, -0.2) is 0 Å². The Labute approximate surface area is 171 Å². The molecule has 1 atom stereocenters. The Morgan fingerprint density at radius 2 is 1.61 bits per heavy atom. The van der Waals surface area contributed by atoms with E-state index in [1.165, 1.54) is 0 Å². The normalized spacial score (nSPS) is 13.6. The lowest BCUT2D eigenvalue weighted by Crippen LogP contribution is -2.56. The predicted molar refractivity (Wildman–Crippen MR) is 115 cm³/mol. The van der Waals surface area contributed by atoms with Gasteiger partial charge in [-0.2, -0.15) is 0 Å². The van der Waals surface area contributed by atoms with Gasteiger partial charge in [0.2, 0.25) is 5.91 Å². The number of nitrogens with one attached hydrogen (secondary N) is 3. The van der Waals surface area contributed by atoms with Gasteiger partial charge in [0.1, 0.15) is 6.23 Å². The van der Waals surface area contributed by atoms with Crippen LogP contribution >= 0.6 is 0 Å². The van der Waals surface area contributed by atoms with Gasteiger partial charge in [-0.1, -0.05) is 27.7 Å². The van der Waals surface area contributed by atoms with Gasteiger partial charge in [0.05, 0.1) is 11.1 Å². The van der Waals surface area contributed by atoms with Gasteiger partial charge in [-0.3, -0.25) is 14.9 Å². The smallest absolute Gasteiger partial charge is 0.239 e. The molecule has 0 aromatic rings. The standard InChI is InChI=1S/C21H44N4O3/c1-8-16(9-2)25-20(5,6)19(27)24-15-13-18(28-7)23-14-12-17(26)21(22,10-3)11-4/h16,18,23,25H,8-15,22H2,1-7H3,(H,24,27). The Hall–Kier alpha value is -1.02. The highest BCUT2D eigenvalue weighted by atomic mass is 16.5. The maximum Gasteiger partial charge on any atom is 0.239 e. The van der Waals surface area contributed by atoms with Crippen molar-refractivity contribution < 1.29 is 14.3 Å². The van der Waals surface area contributed by atoms with Crippen LogP contribution in [0.2, 0.25) is 0 Å². The minimum absolute atomic E-state index is 0.0248. The number of rotatable bonds is 16. The van der Waals surface area contributed by atoms with Crippen LogP contribution in [0.1, 0.15) is 80.1 Å². The van der Waals surface area contributed by atoms with Crippen molar-refractivity contribution in [1.29, 1.82) is 0 Å². The maximum absolute atomic E-state index is 12.5. The second-order valence-corrected chi connectivity index (χ2v) is 8.04. The molecule has 0 aromatic heterocycles. The van der Waals surface area contributed by atoms with Crippen LogP contribution in [0, 0.1) is 0 Å². The third-order valence-corrected chi connectivity index (χ3v) is 5.64. The molecule has 0 rings (SSSR count). The average molecular weight is 401 g/mol. The fraction of sp³-hybridized carbons (Fsp3) is 0.905. The molecule has 1 unspecified atom stereocenters. The number of amides is 1. The van der Waals surface area contributed by atoms with E-state index in [0.717, 1.165) is 12.8 Å². The van der Waals surface area contributed by atoms with E-state index < -0.39 is 11.1 Å². The summed E-state index contributed by atoms with van der Waals surface area (Å²) in [6.07, 6.45) is 4.03. The van der Waals surface area contributed by atoms with E-state index >= 15 is 0 Å². The molecule has 0 saturated heterocycles. The van der Waals surface area contributed by atoms with E-state index in [4.69, 9.17) is 10.5 Å². The molecule has 1 amide bonds. The zero-order valence-electron chi connectivity index (χ0n) is 19.1. The lowest BCUT2D eigenvalue weighted by Gasteiger charge is -2.30. The first-order chi connectivity index (χ1) is 13.1. The molecule has 0 fully saturated rings. The monoisotopic (exact) mass is 400 g/mol. The van der Waals surface area contributed by atoms with E-state index in [9.17, 15) is 9.59 Å². The summed E-state index contributed by atoms with van der Waals surface area (Å²) in [5.41, 5.74) is 4.78. The predicted octanol–water partition coefficient (Wildman–Crippen LogP) is 2.09. The molecule has 7 heteroatoms. The first-order valence-corrected chi connectivity index (χ1v) is 10.7. The zero-order valence-corrected chi connectivity index (χ0v) is 19.1. The number of Topliss-reactive ketones (excluding diaryl/α,β-unsaturated/α-hetero) is 1. The molecule has 166 valence electrons. The Morgan fingerprint density at radius 1 is 1.04 bits per heavy atom. The number of ether oxygens (including phenoxy) is 1. The van der Waals surface area contributed by atoms with Crippen molar-refractivity contribution in [3.63, 3.8) is 0 Å². The molecule has 0 aromatic carbocycles. The van der Waals surface area contributed by atoms with Crippen molar-refractivity contribution in [3.8, 4) is 0 Å². The Balaban J connectivity index is 4.34. The van der Waals surface area contributed by atoms with Gasteiger partial charge < -0.3 is 21.1 Å². The molecule has 5 N–H and O–H groups in total. The van der Waals surface area contributed by atoms with Crippen molar-refractivity contribution in [2.75, 3.05) is 20.2 Å². The summed E-state index contributed by atoms with van der Waals surface area (Å²) in [6, 6.07) is 0.326. The van der Waals surface area contributed by atoms with Crippen molar-refractivity contribution in [2.24, 2.45) is 5.73 Å². The lowest BCUT2D eigenvalue weighted by atomic mass is 9.87. The summed E-state index contributed by atoms with van der Waals surface area (Å²) in [4.78, 5) is 24.8. The van der Waals surface area contributed by atoms with E-state index in [-0.39, 0.29) is 17.9 Å². The topological polar surface area (TPSA) is 105 Å². The van der Waals surface area contributed by atoms with Gasteiger partial charge in [0.15, 0.2) is 5.78 Å². The highest BCUT2D eigenvalue weighted by Crippen LogP contribution is 2.14. The Morgan fingerprint density at radius 3 is 2.07 bits per heavy atom. The van der Waals surface area contributed by atoms with E-state index in [1.807, 2.05) is 27.7 Å². The molecule has 7 nitrogen and oxygen atoms in total. The lowest BCUT2D eigenvalue weighted by molar-refractivity contribution is -0.127. The Bertz CT molecular complexity index is 461. The number of methoxy groups -OCH3 is 1. The molecule has 28 heavy (non-hydrogen) atoms. The van der Waals surface area contributed by atoms with Gasteiger partial charge >= 0.3 is 0 Å².